The van der Waals surface area contributed by atoms with Crippen molar-refractivity contribution >= 4 is 16.5 Å². The SMILES string of the molecule is CCCCN(CCN)c1nc(C)cs1. The maximum absolute atomic E-state index is 5.58. The van der Waals surface area contributed by atoms with Crippen LogP contribution < -0.4 is 10.6 Å². The summed E-state index contributed by atoms with van der Waals surface area (Å²) < 4.78 is 0. The smallest absolute Gasteiger partial charge is 0.185 e. The molecule has 0 unspecified atom stereocenters. The van der Waals surface area contributed by atoms with Gasteiger partial charge in [-0.05, 0) is 13.3 Å². The summed E-state index contributed by atoms with van der Waals surface area (Å²) in [7, 11) is 0. The highest BCUT2D eigenvalue weighted by atomic mass is 32.1. The fourth-order valence-corrected chi connectivity index (χ4v) is 2.15. The van der Waals surface area contributed by atoms with Crippen LogP contribution in [0.1, 0.15) is 25.5 Å². The van der Waals surface area contributed by atoms with E-state index in [-0.39, 0.29) is 0 Å². The third-order valence-electron chi connectivity index (χ3n) is 2.06. The van der Waals surface area contributed by atoms with Crippen molar-refractivity contribution in [3.63, 3.8) is 0 Å². The second kappa shape index (κ2) is 5.98. The summed E-state index contributed by atoms with van der Waals surface area (Å²) in [5.41, 5.74) is 6.68. The first-order valence-corrected chi connectivity index (χ1v) is 6.03. The van der Waals surface area contributed by atoms with Gasteiger partial charge in [-0.1, -0.05) is 13.3 Å². The van der Waals surface area contributed by atoms with Crippen LogP contribution >= 0.6 is 11.3 Å². The fraction of sp³-hybridized carbons (Fsp3) is 0.700. The lowest BCUT2D eigenvalue weighted by atomic mass is 10.3. The zero-order valence-electron chi connectivity index (χ0n) is 8.99. The number of aromatic nitrogens is 1. The fourth-order valence-electron chi connectivity index (χ4n) is 1.29. The Labute approximate surface area is 89.9 Å². The van der Waals surface area contributed by atoms with Crippen LogP contribution in [0.2, 0.25) is 0 Å². The topological polar surface area (TPSA) is 42.1 Å². The maximum Gasteiger partial charge on any atom is 0.185 e. The number of rotatable bonds is 6. The first-order valence-electron chi connectivity index (χ1n) is 5.15. The lowest BCUT2D eigenvalue weighted by molar-refractivity contribution is 0.713. The van der Waals surface area contributed by atoms with Crippen molar-refractivity contribution < 1.29 is 0 Å². The Bertz CT molecular complexity index is 260. The number of unbranched alkanes of at least 4 members (excludes halogenated alkanes) is 1. The molecular formula is C10H19N3S. The number of nitrogens with two attached hydrogens (primary N) is 1. The van der Waals surface area contributed by atoms with E-state index < -0.39 is 0 Å². The molecule has 0 atom stereocenters. The molecule has 0 aliphatic heterocycles. The van der Waals surface area contributed by atoms with E-state index in [0.29, 0.717) is 6.54 Å². The van der Waals surface area contributed by atoms with E-state index in [1.807, 2.05) is 6.92 Å². The van der Waals surface area contributed by atoms with Crippen LogP contribution in [-0.4, -0.2) is 24.6 Å². The van der Waals surface area contributed by atoms with Gasteiger partial charge in [-0.15, -0.1) is 11.3 Å². The zero-order valence-corrected chi connectivity index (χ0v) is 9.81. The van der Waals surface area contributed by atoms with Crippen LogP contribution in [0.3, 0.4) is 0 Å². The van der Waals surface area contributed by atoms with Gasteiger partial charge in [0, 0.05) is 25.0 Å². The first kappa shape index (κ1) is 11.5. The molecule has 0 fully saturated rings. The molecule has 0 radical (unpaired) electrons. The van der Waals surface area contributed by atoms with Gasteiger partial charge in [-0.2, -0.15) is 0 Å². The predicted molar refractivity (Wildman–Crippen MR) is 63.0 cm³/mol. The van der Waals surface area contributed by atoms with Crippen molar-refractivity contribution in [1.82, 2.24) is 4.98 Å². The molecule has 0 aliphatic rings. The third kappa shape index (κ3) is 3.27. The van der Waals surface area contributed by atoms with Gasteiger partial charge in [0.2, 0.25) is 0 Å². The van der Waals surface area contributed by atoms with Crippen LogP contribution in [0.5, 0.6) is 0 Å². The molecule has 0 bridgehead atoms. The Hall–Kier alpha value is -0.610. The maximum atomic E-state index is 5.58. The number of hydrogen-bond acceptors (Lipinski definition) is 4. The Balaban J connectivity index is 2.57. The molecule has 0 saturated carbocycles. The second-order valence-corrected chi connectivity index (χ2v) is 4.24. The van der Waals surface area contributed by atoms with Gasteiger partial charge < -0.3 is 10.6 Å². The molecule has 0 saturated heterocycles. The van der Waals surface area contributed by atoms with Crippen molar-refractivity contribution in [2.24, 2.45) is 5.73 Å². The van der Waals surface area contributed by atoms with E-state index in [9.17, 15) is 0 Å². The van der Waals surface area contributed by atoms with Crippen LogP contribution in [0.25, 0.3) is 0 Å². The number of thiazole rings is 1. The summed E-state index contributed by atoms with van der Waals surface area (Å²) in [6, 6.07) is 0. The minimum absolute atomic E-state index is 0.697. The molecule has 1 aromatic rings. The van der Waals surface area contributed by atoms with Crippen LogP contribution in [0, 0.1) is 6.92 Å². The van der Waals surface area contributed by atoms with E-state index in [2.05, 4.69) is 22.2 Å². The Morgan fingerprint density at radius 1 is 1.50 bits per heavy atom. The van der Waals surface area contributed by atoms with E-state index in [1.54, 1.807) is 11.3 Å². The average molecular weight is 213 g/mol. The summed E-state index contributed by atoms with van der Waals surface area (Å²) in [6.07, 6.45) is 2.42. The minimum atomic E-state index is 0.697. The van der Waals surface area contributed by atoms with Crippen molar-refractivity contribution in [3.8, 4) is 0 Å². The standard InChI is InChI=1S/C10H19N3S/c1-3-4-6-13(7-5-11)10-12-9(2)8-14-10/h8H,3-7,11H2,1-2H3. The van der Waals surface area contributed by atoms with Crippen LogP contribution in [-0.2, 0) is 0 Å². The molecule has 3 nitrogen and oxygen atoms in total. The largest absolute Gasteiger partial charge is 0.347 e. The molecule has 14 heavy (non-hydrogen) atoms. The quantitative estimate of drug-likeness (QED) is 0.786. The number of hydrogen-bond donors (Lipinski definition) is 1. The Morgan fingerprint density at radius 3 is 2.79 bits per heavy atom. The summed E-state index contributed by atoms with van der Waals surface area (Å²) in [4.78, 5) is 6.75. The van der Waals surface area contributed by atoms with Crippen LogP contribution in [0.4, 0.5) is 5.13 Å². The summed E-state index contributed by atoms with van der Waals surface area (Å²) in [6.45, 7) is 6.91. The van der Waals surface area contributed by atoms with Crippen molar-refractivity contribution in [3.05, 3.63) is 11.1 Å². The van der Waals surface area contributed by atoms with Gasteiger partial charge >= 0.3 is 0 Å². The Kier molecular flexibility index (Phi) is 4.90. The average Bonchev–Trinajstić information content (AvgIpc) is 2.59. The monoisotopic (exact) mass is 213 g/mol. The predicted octanol–water partition coefficient (Wildman–Crippen LogP) is 2.02. The summed E-state index contributed by atoms with van der Waals surface area (Å²) in [5, 5.41) is 3.20. The number of aryl methyl sites for hydroxylation is 1. The van der Waals surface area contributed by atoms with E-state index >= 15 is 0 Å². The van der Waals surface area contributed by atoms with Crippen molar-refractivity contribution in [2.75, 3.05) is 24.5 Å². The highest BCUT2D eigenvalue weighted by Crippen LogP contribution is 2.19. The molecule has 0 spiro atoms. The van der Waals surface area contributed by atoms with Crippen molar-refractivity contribution in [1.29, 1.82) is 0 Å². The van der Waals surface area contributed by atoms with E-state index in [0.717, 1.165) is 23.9 Å². The highest BCUT2D eigenvalue weighted by molar-refractivity contribution is 7.13. The highest BCUT2D eigenvalue weighted by Gasteiger charge is 2.08. The van der Waals surface area contributed by atoms with Gasteiger partial charge in [0.15, 0.2) is 5.13 Å². The van der Waals surface area contributed by atoms with E-state index in [1.165, 1.54) is 12.8 Å². The van der Waals surface area contributed by atoms with Gasteiger partial charge in [0.05, 0.1) is 5.69 Å². The lowest BCUT2D eigenvalue weighted by Gasteiger charge is -2.20. The number of nitrogens with zero attached hydrogens (tertiary/aromatic N) is 2. The second-order valence-electron chi connectivity index (χ2n) is 3.40. The molecule has 0 aromatic carbocycles. The molecular weight excluding hydrogens is 194 g/mol. The molecule has 0 aliphatic carbocycles. The molecule has 4 heteroatoms. The molecule has 1 rings (SSSR count). The normalized spacial score (nSPS) is 10.5. The third-order valence-corrected chi connectivity index (χ3v) is 3.08. The molecule has 0 amide bonds. The van der Waals surface area contributed by atoms with Crippen LogP contribution in [0.15, 0.2) is 5.38 Å². The van der Waals surface area contributed by atoms with Gasteiger partial charge in [-0.25, -0.2) is 4.98 Å². The lowest BCUT2D eigenvalue weighted by Crippen LogP contribution is -2.30. The first-order chi connectivity index (χ1) is 6.77. The van der Waals surface area contributed by atoms with E-state index in [4.69, 9.17) is 5.73 Å². The van der Waals surface area contributed by atoms with Gasteiger partial charge in [0.25, 0.3) is 0 Å². The van der Waals surface area contributed by atoms with Crippen molar-refractivity contribution in [2.45, 2.75) is 26.7 Å². The minimum Gasteiger partial charge on any atom is -0.347 e. The molecule has 1 heterocycles. The van der Waals surface area contributed by atoms with Gasteiger partial charge in [0.1, 0.15) is 0 Å². The molecule has 1 aromatic heterocycles. The molecule has 2 N–H and O–H groups in total. The molecule has 80 valence electrons. The Morgan fingerprint density at radius 2 is 2.29 bits per heavy atom. The number of anilines is 1. The summed E-state index contributed by atoms with van der Waals surface area (Å²) >= 11 is 1.71. The zero-order chi connectivity index (χ0) is 10.4. The summed E-state index contributed by atoms with van der Waals surface area (Å²) in [5.74, 6) is 0. The van der Waals surface area contributed by atoms with Gasteiger partial charge in [-0.3, -0.25) is 0 Å².